The van der Waals surface area contributed by atoms with Crippen molar-refractivity contribution < 1.29 is 4.39 Å². The Hall–Kier alpha value is -0.930. The van der Waals surface area contributed by atoms with Crippen LogP contribution in [0.1, 0.15) is 45.2 Å². The summed E-state index contributed by atoms with van der Waals surface area (Å²) in [4.78, 5) is 2.40. The van der Waals surface area contributed by atoms with Crippen molar-refractivity contribution >= 4 is 0 Å². The molecule has 0 spiro atoms. The van der Waals surface area contributed by atoms with Crippen molar-refractivity contribution in [3.8, 4) is 0 Å². The van der Waals surface area contributed by atoms with E-state index in [1.54, 1.807) is 12.1 Å². The Labute approximate surface area is 109 Å². The number of benzene rings is 1. The van der Waals surface area contributed by atoms with Gasteiger partial charge in [-0.25, -0.2) is 4.39 Å². The average molecular weight is 250 g/mol. The van der Waals surface area contributed by atoms with Gasteiger partial charge in [0.15, 0.2) is 0 Å². The normalized spacial score (nSPS) is 26.3. The Balaban J connectivity index is 2.36. The number of likely N-dealkylation sites (tertiary alicyclic amines) is 1. The van der Waals surface area contributed by atoms with E-state index < -0.39 is 0 Å². The molecule has 0 aromatic heterocycles. The van der Waals surface area contributed by atoms with Crippen molar-refractivity contribution in [2.75, 3.05) is 6.54 Å². The minimum absolute atomic E-state index is 0.0506. The molecule has 18 heavy (non-hydrogen) atoms. The minimum Gasteiger partial charge on any atom is -0.326 e. The maximum atomic E-state index is 13.4. The van der Waals surface area contributed by atoms with Gasteiger partial charge in [-0.1, -0.05) is 12.1 Å². The van der Waals surface area contributed by atoms with Gasteiger partial charge in [-0.05, 0) is 57.9 Å². The second-order valence-corrected chi connectivity index (χ2v) is 6.17. The zero-order chi connectivity index (χ0) is 13.3. The predicted octanol–water partition coefficient (Wildman–Crippen LogP) is 3.09. The highest BCUT2D eigenvalue weighted by atomic mass is 19.1. The van der Waals surface area contributed by atoms with Crippen LogP contribution in [-0.4, -0.2) is 23.0 Å². The first-order valence-corrected chi connectivity index (χ1v) is 6.67. The highest BCUT2D eigenvalue weighted by Crippen LogP contribution is 2.35. The number of halogens is 1. The molecule has 0 bridgehead atoms. The molecule has 1 aromatic rings. The highest BCUT2D eigenvalue weighted by molar-refractivity contribution is 5.23. The van der Waals surface area contributed by atoms with Crippen LogP contribution in [0, 0.1) is 5.82 Å². The molecule has 2 atom stereocenters. The molecule has 1 aliphatic heterocycles. The van der Waals surface area contributed by atoms with Gasteiger partial charge >= 0.3 is 0 Å². The van der Waals surface area contributed by atoms with Gasteiger partial charge in [0, 0.05) is 11.6 Å². The number of rotatable bonds is 1. The van der Waals surface area contributed by atoms with Crippen molar-refractivity contribution in [1.82, 2.24) is 4.90 Å². The van der Waals surface area contributed by atoms with Crippen LogP contribution >= 0.6 is 0 Å². The van der Waals surface area contributed by atoms with Crippen molar-refractivity contribution in [2.45, 2.75) is 51.2 Å². The lowest BCUT2D eigenvalue weighted by molar-refractivity contribution is 0.0383. The Morgan fingerprint density at radius 2 is 2.06 bits per heavy atom. The Bertz CT molecular complexity index is 411. The van der Waals surface area contributed by atoms with Crippen molar-refractivity contribution in [3.63, 3.8) is 0 Å². The molecule has 1 heterocycles. The van der Waals surface area contributed by atoms with Crippen molar-refractivity contribution in [2.24, 2.45) is 5.73 Å². The van der Waals surface area contributed by atoms with Gasteiger partial charge in [0.25, 0.3) is 0 Å². The molecular formula is C15H23FN2. The van der Waals surface area contributed by atoms with Crippen LogP contribution in [0.15, 0.2) is 24.3 Å². The fourth-order valence-electron chi connectivity index (χ4n) is 2.90. The third kappa shape index (κ3) is 2.73. The van der Waals surface area contributed by atoms with Gasteiger partial charge in [-0.15, -0.1) is 0 Å². The van der Waals surface area contributed by atoms with Crippen LogP contribution in [0.25, 0.3) is 0 Å². The van der Waals surface area contributed by atoms with E-state index in [9.17, 15) is 4.39 Å². The molecule has 0 saturated carbocycles. The number of nitrogens with two attached hydrogens (primary N) is 1. The van der Waals surface area contributed by atoms with E-state index in [1.807, 2.05) is 6.07 Å². The summed E-state index contributed by atoms with van der Waals surface area (Å²) in [5.41, 5.74) is 7.33. The topological polar surface area (TPSA) is 29.3 Å². The first-order valence-electron chi connectivity index (χ1n) is 6.67. The van der Waals surface area contributed by atoms with Crippen LogP contribution in [0.3, 0.4) is 0 Å². The molecule has 100 valence electrons. The molecule has 1 saturated heterocycles. The molecule has 2 nitrogen and oxygen atoms in total. The van der Waals surface area contributed by atoms with Gasteiger partial charge in [0.05, 0.1) is 6.04 Å². The van der Waals surface area contributed by atoms with Crippen molar-refractivity contribution in [3.05, 3.63) is 35.6 Å². The Morgan fingerprint density at radius 3 is 2.67 bits per heavy atom. The lowest BCUT2D eigenvalue weighted by Gasteiger charge is -2.47. The summed E-state index contributed by atoms with van der Waals surface area (Å²) < 4.78 is 13.4. The lowest BCUT2D eigenvalue weighted by Crippen LogP contribution is -2.53. The quantitative estimate of drug-likeness (QED) is 0.830. The molecule has 2 N–H and O–H groups in total. The standard InChI is InChI=1S/C15H23FN2/c1-15(2,3)18-9-5-8-13(17)14(18)11-6-4-7-12(16)10-11/h4,6-7,10,13-14H,5,8-9,17H2,1-3H3. The second kappa shape index (κ2) is 4.98. The summed E-state index contributed by atoms with van der Waals surface area (Å²) in [6.45, 7) is 7.60. The first kappa shape index (κ1) is 13.5. The summed E-state index contributed by atoms with van der Waals surface area (Å²) in [5, 5.41) is 0. The van der Waals surface area contributed by atoms with Gasteiger partial charge in [0.1, 0.15) is 5.82 Å². The number of hydrogen-bond donors (Lipinski definition) is 1. The largest absolute Gasteiger partial charge is 0.326 e. The smallest absolute Gasteiger partial charge is 0.123 e. The van der Waals surface area contributed by atoms with E-state index >= 15 is 0 Å². The molecule has 1 aliphatic rings. The average Bonchev–Trinajstić information content (AvgIpc) is 2.27. The van der Waals surface area contributed by atoms with E-state index in [1.165, 1.54) is 6.07 Å². The van der Waals surface area contributed by atoms with Crippen LogP contribution < -0.4 is 5.73 Å². The van der Waals surface area contributed by atoms with E-state index in [-0.39, 0.29) is 23.4 Å². The van der Waals surface area contributed by atoms with E-state index in [4.69, 9.17) is 5.73 Å². The maximum absolute atomic E-state index is 13.4. The van der Waals surface area contributed by atoms with Crippen LogP contribution in [0.2, 0.25) is 0 Å². The Kier molecular flexibility index (Phi) is 3.74. The first-order chi connectivity index (χ1) is 8.39. The van der Waals surface area contributed by atoms with Gasteiger partial charge in [-0.2, -0.15) is 0 Å². The summed E-state index contributed by atoms with van der Waals surface area (Å²) >= 11 is 0. The molecule has 0 amide bonds. The number of nitrogens with zero attached hydrogens (tertiary/aromatic N) is 1. The molecule has 3 heteroatoms. The zero-order valence-electron chi connectivity index (χ0n) is 11.5. The Morgan fingerprint density at radius 1 is 1.33 bits per heavy atom. The van der Waals surface area contributed by atoms with Gasteiger partial charge < -0.3 is 5.73 Å². The summed E-state index contributed by atoms with van der Waals surface area (Å²) in [6, 6.07) is 7.06. The van der Waals surface area contributed by atoms with Gasteiger partial charge in [0.2, 0.25) is 0 Å². The summed E-state index contributed by atoms with van der Waals surface area (Å²) in [6.07, 6.45) is 2.12. The molecule has 2 unspecified atom stereocenters. The van der Waals surface area contributed by atoms with Gasteiger partial charge in [-0.3, -0.25) is 4.90 Å². The fraction of sp³-hybridized carbons (Fsp3) is 0.600. The third-order valence-corrected chi connectivity index (χ3v) is 3.73. The van der Waals surface area contributed by atoms with Crippen LogP contribution in [0.5, 0.6) is 0 Å². The molecule has 0 radical (unpaired) electrons. The van der Waals surface area contributed by atoms with E-state index in [0.29, 0.717) is 0 Å². The number of hydrogen-bond acceptors (Lipinski definition) is 2. The van der Waals surface area contributed by atoms with E-state index in [2.05, 4.69) is 25.7 Å². The van der Waals surface area contributed by atoms with Crippen LogP contribution in [0.4, 0.5) is 4.39 Å². The number of piperidine rings is 1. The molecule has 1 aromatic carbocycles. The monoisotopic (exact) mass is 250 g/mol. The molecular weight excluding hydrogens is 227 g/mol. The lowest BCUT2D eigenvalue weighted by atomic mass is 9.87. The second-order valence-electron chi connectivity index (χ2n) is 6.17. The molecule has 1 fully saturated rings. The van der Waals surface area contributed by atoms with Crippen molar-refractivity contribution in [1.29, 1.82) is 0 Å². The zero-order valence-corrected chi connectivity index (χ0v) is 11.5. The van der Waals surface area contributed by atoms with E-state index in [0.717, 1.165) is 24.9 Å². The summed E-state index contributed by atoms with van der Waals surface area (Å²) in [5.74, 6) is -0.181. The highest BCUT2D eigenvalue weighted by Gasteiger charge is 2.36. The molecule has 2 rings (SSSR count). The maximum Gasteiger partial charge on any atom is 0.123 e. The van der Waals surface area contributed by atoms with Crippen LogP contribution in [-0.2, 0) is 0 Å². The SMILES string of the molecule is CC(C)(C)N1CCCC(N)C1c1cccc(F)c1. The summed E-state index contributed by atoms with van der Waals surface area (Å²) in [7, 11) is 0. The minimum atomic E-state index is -0.181. The fourth-order valence-corrected chi connectivity index (χ4v) is 2.90. The third-order valence-electron chi connectivity index (χ3n) is 3.73. The predicted molar refractivity (Wildman–Crippen MR) is 72.8 cm³/mol. The molecule has 0 aliphatic carbocycles.